The normalized spacial score (nSPS) is 34.1. The molecule has 4 bridgehead atoms. The molecule has 1 aromatic rings. The highest BCUT2D eigenvalue weighted by Crippen LogP contribution is 2.52. The maximum absolute atomic E-state index is 12.1. The van der Waals surface area contributed by atoms with Crippen molar-refractivity contribution in [2.45, 2.75) is 32.1 Å². The Balaban J connectivity index is 1.49. The standard InChI is InChI=1S/C17H20N2O/c20-17(13-4-2-1-3-5-13)19-18-16-14-7-11-6-12(9-14)10-15(16)8-11/h1-5,11-12,14-15H,6-10H2,(H,19,20). The highest BCUT2D eigenvalue weighted by atomic mass is 16.2. The number of carbonyl (C=O) groups is 1. The van der Waals surface area contributed by atoms with E-state index in [0.717, 1.165) is 11.8 Å². The van der Waals surface area contributed by atoms with E-state index in [1.165, 1.54) is 37.8 Å². The van der Waals surface area contributed by atoms with Gasteiger partial charge in [-0.25, -0.2) is 5.43 Å². The number of nitrogens with one attached hydrogen (secondary N) is 1. The molecule has 4 saturated carbocycles. The third kappa shape index (κ3) is 2.05. The maximum atomic E-state index is 12.1. The Morgan fingerprint density at radius 2 is 1.55 bits per heavy atom. The van der Waals surface area contributed by atoms with Crippen molar-refractivity contribution in [1.29, 1.82) is 0 Å². The molecule has 0 aliphatic heterocycles. The van der Waals surface area contributed by atoms with Crippen molar-refractivity contribution in [3.05, 3.63) is 35.9 Å². The van der Waals surface area contributed by atoms with Gasteiger partial charge in [-0.1, -0.05) is 18.2 Å². The summed E-state index contributed by atoms with van der Waals surface area (Å²) in [4.78, 5) is 12.1. The molecule has 20 heavy (non-hydrogen) atoms. The van der Waals surface area contributed by atoms with Crippen molar-refractivity contribution in [2.75, 3.05) is 0 Å². The average Bonchev–Trinajstić information content (AvgIpc) is 2.46. The summed E-state index contributed by atoms with van der Waals surface area (Å²) >= 11 is 0. The summed E-state index contributed by atoms with van der Waals surface area (Å²) in [7, 11) is 0. The minimum Gasteiger partial charge on any atom is -0.267 e. The van der Waals surface area contributed by atoms with Crippen LogP contribution in [0.4, 0.5) is 0 Å². The first-order valence-electron chi connectivity index (χ1n) is 7.72. The Bertz CT molecular complexity index is 519. The van der Waals surface area contributed by atoms with Crippen molar-refractivity contribution >= 4 is 11.6 Å². The number of amides is 1. The summed E-state index contributed by atoms with van der Waals surface area (Å²) in [6.45, 7) is 0. The Kier molecular flexibility index (Phi) is 2.86. The molecule has 1 amide bonds. The van der Waals surface area contributed by atoms with Gasteiger partial charge >= 0.3 is 0 Å². The van der Waals surface area contributed by atoms with Gasteiger partial charge in [-0.2, -0.15) is 5.10 Å². The smallest absolute Gasteiger partial charge is 0.267 e. The average molecular weight is 268 g/mol. The maximum Gasteiger partial charge on any atom is 0.271 e. The summed E-state index contributed by atoms with van der Waals surface area (Å²) in [6.07, 6.45) is 6.64. The molecular formula is C17H20N2O. The summed E-state index contributed by atoms with van der Waals surface area (Å²) in [6, 6.07) is 9.33. The minimum absolute atomic E-state index is 0.0908. The second-order valence-corrected chi connectivity index (χ2v) is 6.65. The van der Waals surface area contributed by atoms with Crippen LogP contribution < -0.4 is 5.43 Å². The fourth-order valence-electron chi connectivity index (χ4n) is 4.62. The summed E-state index contributed by atoms with van der Waals surface area (Å²) in [5.41, 5.74) is 4.74. The Morgan fingerprint density at radius 1 is 0.950 bits per heavy atom. The molecule has 4 fully saturated rings. The summed E-state index contributed by atoms with van der Waals surface area (Å²) in [5, 5.41) is 4.52. The van der Waals surface area contributed by atoms with Crippen LogP contribution in [0.3, 0.4) is 0 Å². The highest BCUT2D eigenvalue weighted by Gasteiger charge is 2.46. The SMILES string of the molecule is O=C(NN=C1C2CC3CC(C2)CC1C3)c1ccccc1. The van der Waals surface area contributed by atoms with E-state index in [0.29, 0.717) is 17.4 Å². The highest BCUT2D eigenvalue weighted by molar-refractivity contribution is 5.96. The third-order valence-corrected chi connectivity index (χ3v) is 5.30. The molecule has 0 unspecified atom stereocenters. The van der Waals surface area contributed by atoms with E-state index < -0.39 is 0 Å². The van der Waals surface area contributed by atoms with Crippen molar-refractivity contribution in [3.63, 3.8) is 0 Å². The number of rotatable bonds is 2. The molecule has 4 aliphatic rings. The van der Waals surface area contributed by atoms with E-state index in [9.17, 15) is 4.79 Å². The largest absolute Gasteiger partial charge is 0.271 e. The molecule has 0 radical (unpaired) electrons. The van der Waals surface area contributed by atoms with Crippen LogP contribution in [0.25, 0.3) is 0 Å². The van der Waals surface area contributed by atoms with E-state index in [-0.39, 0.29) is 5.91 Å². The van der Waals surface area contributed by atoms with Gasteiger partial charge in [-0.15, -0.1) is 0 Å². The van der Waals surface area contributed by atoms with Crippen molar-refractivity contribution in [1.82, 2.24) is 5.43 Å². The van der Waals surface area contributed by atoms with Crippen LogP contribution in [-0.4, -0.2) is 11.6 Å². The van der Waals surface area contributed by atoms with Crippen molar-refractivity contribution in [3.8, 4) is 0 Å². The molecule has 5 rings (SSSR count). The molecule has 3 heteroatoms. The van der Waals surface area contributed by atoms with Crippen LogP contribution in [0.1, 0.15) is 42.5 Å². The molecule has 4 aliphatic carbocycles. The molecule has 1 aromatic carbocycles. The molecular weight excluding hydrogens is 248 g/mol. The fraction of sp³-hybridized carbons (Fsp3) is 0.529. The van der Waals surface area contributed by atoms with Crippen LogP contribution in [0, 0.1) is 23.7 Å². The molecule has 1 N–H and O–H groups in total. The minimum atomic E-state index is -0.0908. The number of hydrogen-bond acceptors (Lipinski definition) is 2. The lowest BCUT2D eigenvalue weighted by atomic mass is 9.55. The zero-order valence-electron chi connectivity index (χ0n) is 11.6. The van der Waals surface area contributed by atoms with Crippen LogP contribution in [0.2, 0.25) is 0 Å². The van der Waals surface area contributed by atoms with E-state index in [2.05, 4.69) is 10.5 Å². The van der Waals surface area contributed by atoms with Gasteiger partial charge in [0.15, 0.2) is 0 Å². The van der Waals surface area contributed by atoms with Gasteiger partial charge in [0.1, 0.15) is 0 Å². The molecule has 0 spiro atoms. The predicted molar refractivity (Wildman–Crippen MR) is 78.4 cm³/mol. The van der Waals surface area contributed by atoms with Crippen LogP contribution in [0.5, 0.6) is 0 Å². The zero-order chi connectivity index (χ0) is 13.5. The van der Waals surface area contributed by atoms with Crippen molar-refractivity contribution < 1.29 is 4.79 Å². The van der Waals surface area contributed by atoms with E-state index in [1.54, 1.807) is 0 Å². The van der Waals surface area contributed by atoms with E-state index in [4.69, 9.17) is 0 Å². The number of hydrogen-bond donors (Lipinski definition) is 1. The predicted octanol–water partition coefficient (Wildman–Crippen LogP) is 3.23. The van der Waals surface area contributed by atoms with Gasteiger partial charge in [0.25, 0.3) is 5.91 Å². The third-order valence-electron chi connectivity index (χ3n) is 5.30. The number of hydrazone groups is 1. The number of carbonyl (C=O) groups excluding carboxylic acids is 1. The Hall–Kier alpha value is -1.64. The van der Waals surface area contributed by atoms with Gasteiger partial charge in [0, 0.05) is 11.3 Å². The van der Waals surface area contributed by atoms with Crippen molar-refractivity contribution in [2.24, 2.45) is 28.8 Å². The topological polar surface area (TPSA) is 41.5 Å². The van der Waals surface area contributed by atoms with Gasteiger partial charge in [-0.3, -0.25) is 4.79 Å². The molecule has 3 nitrogen and oxygen atoms in total. The molecule has 104 valence electrons. The first-order chi connectivity index (χ1) is 9.79. The van der Waals surface area contributed by atoms with Gasteiger partial charge in [0.05, 0.1) is 0 Å². The van der Waals surface area contributed by atoms with E-state index in [1.807, 2.05) is 30.3 Å². The molecule has 0 heterocycles. The molecule has 0 saturated heterocycles. The Morgan fingerprint density at radius 3 is 2.15 bits per heavy atom. The van der Waals surface area contributed by atoms with Gasteiger partial charge in [0.2, 0.25) is 0 Å². The lowest BCUT2D eigenvalue weighted by Gasteiger charge is -2.50. The molecule has 0 atom stereocenters. The lowest BCUT2D eigenvalue weighted by Crippen LogP contribution is -2.46. The van der Waals surface area contributed by atoms with Crippen LogP contribution in [0.15, 0.2) is 35.4 Å². The number of nitrogens with zero attached hydrogens (tertiary/aromatic N) is 1. The molecule has 0 aromatic heterocycles. The van der Waals surface area contributed by atoms with Crippen LogP contribution >= 0.6 is 0 Å². The van der Waals surface area contributed by atoms with Crippen LogP contribution in [-0.2, 0) is 0 Å². The summed E-state index contributed by atoms with van der Waals surface area (Å²) in [5.74, 6) is 3.05. The lowest BCUT2D eigenvalue weighted by molar-refractivity contribution is 0.0942. The van der Waals surface area contributed by atoms with E-state index >= 15 is 0 Å². The fourth-order valence-corrected chi connectivity index (χ4v) is 4.62. The van der Waals surface area contributed by atoms with Gasteiger partial charge < -0.3 is 0 Å². The Labute approximate surface area is 119 Å². The first kappa shape index (κ1) is 12.1. The first-order valence-corrected chi connectivity index (χ1v) is 7.72. The van der Waals surface area contributed by atoms with Gasteiger partial charge in [-0.05, 0) is 67.9 Å². The summed E-state index contributed by atoms with van der Waals surface area (Å²) < 4.78 is 0. The zero-order valence-corrected chi connectivity index (χ0v) is 11.6. The second-order valence-electron chi connectivity index (χ2n) is 6.65. The second kappa shape index (κ2) is 4.72. The quantitative estimate of drug-likeness (QED) is 0.822. The monoisotopic (exact) mass is 268 g/mol. The number of benzene rings is 1.